The lowest BCUT2D eigenvalue weighted by atomic mass is 9.83. The van der Waals surface area contributed by atoms with Crippen LogP contribution in [-0.4, -0.2) is 23.1 Å². The summed E-state index contributed by atoms with van der Waals surface area (Å²) in [5.74, 6) is 1.54. The van der Waals surface area contributed by atoms with Gasteiger partial charge in [-0.25, -0.2) is 0 Å². The molecule has 2 aliphatic rings. The molecule has 0 amide bonds. The largest absolute Gasteiger partial charge is 0.0620 e. The fraction of sp³-hybridized carbons (Fsp3) is 0.333. The first-order chi connectivity index (χ1) is 8.93. The Hall–Kier alpha value is -0.794. The number of rotatable bonds is 1. The van der Waals surface area contributed by atoms with Crippen molar-refractivity contribution in [1.29, 1.82) is 0 Å². The first kappa shape index (κ1) is 13.2. The van der Waals surface area contributed by atoms with Crippen molar-refractivity contribution in [2.45, 2.75) is 37.5 Å². The Morgan fingerprint density at radius 3 is 1.53 bits per heavy atom. The fourth-order valence-corrected chi connectivity index (χ4v) is 4.02. The molecule has 0 spiro atoms. The zero-order valence-corrected chi connectivity index (χ0v) is 12.7. The minimum atomic E-state index is 0. The zero-order chi connectivity index (χ0) is 11.9. The van der Waals surface area contributed by atoms with Crippen molar-refractivity contribution in [2.24, 2.45) is 0 Å². The van der Waals surface area contributed by atoms with Gasteiger partial charge < -0.3 is 0 Å². The summed E-state index contributed by atoms with van der Waals surface area (Å²) in [5, 5.41) is 0. The van der Waals surface area contributed by atoms with Crippen molar-refractivity contribution in [3.63, 3.8) is 0 Å². The molecular formula is C18H18Mg. The van der Waals surface area contributed by atoms with Crippen LogP contribution in [0.25, 0.3) is 0 Å². The summed E-state index contributed by atoms with van der Waals surface area (Å²) in [6.07, 6.45) is 5.25. The minimum absolute atomic E-state index is 0. The summed E-state index contributed by atoms with van der Waals surface area (Å²) in [5.41, 5.74) is 6.43. The van der Waals surface area contributed by atoms with Crippen LogP contribution in [0.1, 0.15) is 46.9 Å². The Bertz CT molecular complexity index is 534. The Morgan fingerprint density at radius 1 is 0.632 bits per heavy atom. The van der Waals surface area contributed by atoms with Crippen LogP contribution in [0.3, 0.4) is 0 Å². The smallest absolute Gasteiger partial charge is 0 e. The maximum atomic E-state index is 2.36. The van der Waals surface area contributed by atoms with Gasteiger partial charge in [0.2, 0.25) is 0 Å². The highest BCUT2D eigenvalue weighted by Gasteiger charge is 2.34. The van der Waals surface area contributed by atoms with Gasteiger partial charge in [0.25, 0.3) is 0 Å². The van der Waals surface area contributed by atoms with Crippen LogP contribution in [0.5, 0.6) is 0 Å². The zero-order valence-electron chi connectivity index (χ0n) is 11.3. The quantitative estimate of drug-likeness (QED) is 0.677. The van der Waals surface area contributed by atoms with Crippen molar-refractivity contribution in [3.05, 3.63) is 70.8 Å². The molecule has 19 heavy (non-hydrogen) atoms. The average Bonchev–Trinajstić information content (AvgIpc) is 3.01. The maximum Gasteiger partial charge on any atom is 0 e. The van der Waals surface area contributed by atoms with E-state index in [1.165, 1.54) is 25.7 Å². The van der Waals surface area contributed by atoms with E-state index < -0.39 is 0 Å². The summed E-state index contributed by atoms with van der Waals surface area (Å²) >= 11 is 0. The van der Waals surface area contributed by atoms with E-state index in [2.05, 4.69) is 48.5 Å². The molecule has 0 fully saturated rings. The van der Waals surface area contributed by atoms with E-state index in [4.69, 9.17) is 0 Å². The highest BCUT2D eigenvalue weighted by molar-refractivity contribution is 5.75. The molecular weight excluding hydrogens is 241 g/mol. The molecule has 2 aromatic carbocycles. The van der Waals surface area contributed by atoms with Gasteiger partial charge in [0.1, 0.15) is 0 Å². The lowest BCUT2D eigenvalue weighted by molar-refractivity contribution is 0.531. The topological polar surface area (TPSA) is 0 Å². The van der Waals surface area contributed by atoms with Gasteiger partial charge in [0.15, 0.2) is 0 Å². The molecule has 1 heteroatoms. The van der Waals surface area contributed by atoms with Crippen LogP contribution in [0.4, 0.5) is 0 Å². The van der Waals surface area contributed by atoms with Gasteiger partial charge in [0.05, 0.1) is 0 Å². The Kier molecular flexibility index (Phi) is 3.68. The van der Waals surface area contributed by atoms with Crippen LogP contribution in [0.2, 0.25) is 0 Å². The Balaban J connectivity index is 0.00000110. The molecule has 0 N–H and O–H groups in total. The third-order valence-corrected chi connectivity index (χ3v) is 4.84. The Morgan fingerprint density at radius 2 is 1.05 bits per heavy atom. The molecule has 2 aliphatic carbocycles. The molecule has 2 aromatic rings. The molecule has 0 saturated carbocycles. The molecule has 4 rings (SSSR count). The van der Waals surface area contributed by atoms with E-state index in [-0.39, 0.29) is 23.1 Å². The van der Waals surface area contributed by atoms with Gasteiger partial charge >= 0.3 is 0 Å². The highest BCUT2D eigenvalue weighted by Crippen LogP contribution is 2.48. The van der Waals surface area contributed by atoms with Crippen molar-refractivity contribution >= 4 is 23.1 Å². The van der Waals surface area contributed by atoms with E-state index in [0.717, 1.165) is 11.8 Å². The normalized spacial score (nSPS) is 23.6. The molecule has 0 aliphatic heterocycles. The van der Waals surface area contributed by atoms with Crippen LogP contribution in [-0.2, 0) is 12.8 Å². The number of hydrogen-bond acceptors (Lipinski definition) is 0. The fourth-order valence-electron chi connectivity index (χ4n) is 4.02. The monoisotopic (exact) mass is 258 g/mol. The summed E-state index contributed by atoms with van der Waals surface area (Å²) in [6, 6.07) is 18.1. The SMILES string of the molecule is [Mg].c1ccc2c(c1)CCC2C1CCc2ccccc21. The third kappa shape index (κ3) is 2.13. The standard InChI is InChI=1S/C18H18.Mg/c1-3-7-15-13(5-1)9-11-17(15)18-12-10-14-6-2-4-8-16(14)18;/h1-8,17-18H,9-12H2;. The number of fused-ring (bicyclic) bond motifs is 2. The summed E-state index contributed by atoms with van der Waals surface area (Å²) in [7, 11) is 0. The lowest BCUT2D eigenvalue weighted by Crippen LogP contribution is -2.05. The third-order valence-electron chi connectivity index (χ3n) is 4.84. The minimum Gasteiger partial charge on any atom is -0.0620 e. The van der Waals surface area contributed by atoms with E-state index in [1.807, 2.05) is 0 Å². The lowest BCUT2D eigenvalue weighted by Gasteiger charge is -2.20. The molecule has 0 aromatic heterocycles. The van der Waals surface area contributed by atoms with E-state index >= 15 is 0 Å². The molecule has 2 atom stereocenters. The molecule has 92 valence electrons. The summed E-state index contributed by atoms with van der Waals surface area (Å²) in [4.78, 5) is 0. The van der Waals surface area contributed by atoms with Crippen molar-refractivity contribution in [3.8, 4) is 0 Å². The molecule has 2 radical (unpaired) electrons. The Labute approximate surface area is 131 Å². The first-order valence-corrected chi connectivity index (χ1v) is 7.09. The number of aryl methyl sites for hydroxylation is 2. The van der Waals surface area contributed by atoms with Gasteiger partial charge in [-0.3, -0.25) is 0 Å². The second kappa shape index (κ2) is 5.30. The van der Waals surface area contributed by atoms with Crippen molar-refractivity contribution in [1.82, 2.24) is 0 Å². The van der Waals surface area contributed by atoms with Crippen LogP contribution in [0, 0.1) is 0 Å². The second-order valence-electron chi connectivity index (χ2n) is 5.69. The van der Waals surface area contributed by atoms with Gasteiger partial charge in [-0.2, -0.15) is 0 Å². The van der Waals surface area contributed by atoms with E-state index in [0.29, 0.717) is 0 Å². The summed E-state index contributed by atoms with van der Waals surface area (Å²) in [6.45, 7) is 0. The van der Waals surface area contributed by atoms with Crippen molar-refractivity contribution in [2.75, 3.05) is 0 Å². The summed E-state index contributed by atoms with van der Waals surface area (Å²) < 4.78 is 0. The highest BCUT2D eigenvalue weighted by atomic mass is 24.3. The molecule has 0 saturated heterocycles. The van der Waals surface area contributed by atoms with Crippen LogP contribution >= 0.6 is 0 Å². The van der Waals surface area contributed by atoms with Gasteiger partial charge in [-0.05, 0) is 59.8 Å². The predicted molar refractivity (Wildman–Crippen MR) is 80.8 cm³/mol. The van der Waals surface area contributed by atoms with E-state index in [1.54, 1.807) is 22.3 Å². The van der Waals surface area contributed by atoms with Crippen molar-refractivity contribution < 1.29 is 0 Å². The van der Waals surface area contributed by atoms with Gasteiger partial charge in [-0.15, -0.1) is 0 Å². The van der Waals surface area contributed by atoms with Crippen LogP contribution < -0.4 is 0 Å². The van der Waals surface area contributed by atoms with E-state index in [9.17, 15) is 0 Å². The average molecular weight is 259 g/mol. The van der Waals surface area contributed by atoms with Crippen LogP contribution in [0.15, 0.2) is 48.5 Å². The molecule has 2 unspecified atom stereocenters. The second-order valence-corrected chi connectivity index (χ2v) is 5.69. The predicted octanol–water partition coefficient (Wildman–Crippen LogP) is 4.07. The molecule has 0 nitrogen and oxygen atoms in total. The van der Waals surface area contributed by atoms with Gasteiger partial charge in [-0.1, -0.05) is 48.5 Å². The number of hydrogen-bond donors (Lipinski definition) is 0. The number of benzene rings is 2. The maximum absolute atomic E-state index is 2.36. The molecule has 0 bridgehead atoms. The first-order valence-electron chi connectivity index (χ1n) is 7.09. The van der Waals surface area contributed by atoms with Gasteiger partial charge in [0, 0.05) is 23.1 Å². The molecule has 0 heterocycles.